The summed E-state index contributed by atoms with van der Waals surface area (Å²) in [5.41, 5.74) is 0. The Balaban J connectivity index is 1.93. The van der Waals surface area contributed by atoms with Crippen LogP contribution in [0.3, 0.4) is 0 Å². The van der Waals surface area contributed by atoms with E-state index in [0.29, 0.717) is 30.7 Å². The normalized spacial score (nSPS) is 40.0. The summed E-state index contributed by atoms with van der Waals surface area (Å²) in [5.74, 6) is 1.51. The van der Waals surface area contributed by atoms with Gasteiger partial charge >= 0.3 is 6.18 Å². The summed E-state index contributed by atoms with van der Waals surface area (Å²) in [6.45, 7) is 4.63. The Labute approximate surface area is 127 Å². The van der Waals surface area contributed by atoms with Gasteiger partial charge in [0, 0.05) is 6.04 Å². The van der Waals surface area contributed by atoms with E-state index in [1.807, 2.05) is 7.05 Å². The van der Waals surface area contributed by atoms with E-state index >= 15 is 0 Å². The topological polar surface area (TPSA) is 12.0 Å². The van der Waals surface area contributed by atoms with Crippen LogP contribution in [0, 0.1) is 29.6 Å². The first-order chi connectivity index (χ1) is 9.81. The van der Waals surface area contributed by atoms with E-state index in [2.05, 4.69) is 19.2 Å². The lowest BCUT2D eigenvalue weighted by molar-refractivity contribution is -0.184. The van der Waals surface area contributed by atoms with Gasteiger partial charge in [0.15, 0.2) is 0 Å². The molecule has 4 heteroatoms. The quantitative estimate of drug-likeness (QED) is 0.772. The van der Waals surface area contributed by atoms with Gasteiger partial charge in [-0.2, -0.15) is 13.2 Å². The SMILES string of the molecule is CNC(C1CCC(C(F)(F)F)CC1)C1CC(C)CC(C)C1. The second-order valence-electron chi connectivity index (χ2n) is 7.65. The molecule has 124 valence electrons. The van der Waals surface area contributed by atoms with Crippen molar-refractivity contribution in [3.05, 3.63) is 0 Å². The Kier molecular flexibility index (Phi) is 5.61. The minimum atomic E-state index is -3.99. The second kappa shape index (κ2) is 6.89. The van der Waals surface area contributed by atoms with Gasteiger partial charge in [-0.05, 0) is 75.7 Å². The second-order valence-corrected chi connectivity index (χ2v) is 7.65. The van der Waals surface area contributed by atoms with Crippen molar-refractivity contribution in [3.8, 4) is 0 Å². The van der Waals surface area contributed by atoms with Gasteiger partial charge in [0.25, 0.3) is 0 Å². The predicted molar refractivity (Wildman–Crippen MR) is 80.0 cm³/mol. The van der Waals surface area contributed by atoms with Crippen molar-refractivity contribution in [2.75, 3.05) is 7.05 Å². The van der Waals surface area contributed by atoms with E-state index < -0.39 is 12.1 Å². The summed E-state index contributed by atoms with van der Waals surface area (Å²) in [5, 5.41) is 3.45. The predicted octanol–water partition coefficient (Wildman–Crippen LogP) is 5.02. The number of halogens is 3. The van der Waals surface area contributed by atoms with Crippen molar-refractivity contribution in [2.45, 2.75) is 71.0 Å². The molecule has 2 rings (SSSR count). The van der Waals surface area contributed by atoms with E-state index in [0.717, 1.165) is 24.7 Å². The van der Waals surface area contributed by atoms with E-state index in [9.17, 15) is 13.2 Å². The lowest BCUT2D eigenvalue weighted by atomic mass is 9.68. The van der Waals surface area contributed by atoms with E-state index in [4.69, 9.17) is 0 Å². The Hall–Kier alpha value is -0.250. The molecule has 2 saturated carbocycles. The first kappa shape index (κ1) is 17.1. The zero-order valence-electron chi connectivity index (χ0n) is 13.5. The first-order valence-electron chi connectivity index (χ1n) is 8.55. The monoisotopic (exact) mass is 305 g/mol. The third-order valence-electron chi connectivity index (χ3n) is 5.80. The maximum atomic E-state index is 12.8. The van der Waals surface area contributed by atoms with Crippen LogP contribution in [0.15, 0.2) is 0 Å². The maximum Gasteiger partial charge on any atom is 0.391 e. The van der Waals surface area contributed by atoms with E-state index in [1.165, 1.54) is 19.3 Å². The smallest absolute Gasteiger partial charge is 0.316 e. The van der Waals surface area contributed by atoms with Gasteiger partial charge < -0.3 is 5.32 Å². The van der Waals surface area contributed by atoms with Gasteiger partial charge in [-0.15, -0.1) is 0 Å². The van der Waals surface area contributed by atoms with Crippen molar-refractivity contribution in [1.82, 2.24) is 5.32 Å². The fourth-order valence-electron chi connectivity index (χ4n) is 4.96. The molecular weight excluding hydrogens is 275 g/mol. The number of nitrogens with one attached hydrogen (secondary N) is 1. The van der Waals surface area contributed by atoms with Crippen LogP contribution in [0.5, 0.6) is 0 Å². The molecule has 0 aromatic heterocycles. The first-order valence-corrected chi connectivity index (χ1v) is 8.55. The molecule has 21 heavy (non-hydrogen) atoms. The van der Waals surface area contributed by atoms with Crippen LogP contribution in [0.2, 0.25) is 0 Å². The number of hydrogen-bond acceptors (Lipinski definition) is 1. The van der Waals surface area contributed by atoms with Gasteiger partial charge in [0.05, 0.1) is 5.92 Å². The zero-order valence-corrected chi connectivity index (χ0v) is 13.5. The van der Waals surface area contributed by atoms with Gasteiger partial charge in [0.2, 0.25) is 0 Å². The lowest BCUT2D eigenvalue weighted by Crippen LogP contribution is -2.45. The molecule has 0 radical (unpaired) electrons. The maximum absolute atomic E-state index is 12.8. The summed E-state index contributed by atoms with van der Waals surface area (Å²) < 4.78 is 38.4. The van der Waals surface area contributed by atoms with Gasteiger partial charge in [0.1, 0.15) is 0 Å². The molecule has 0 aliphatic heterocycles. The van der Waals surface area contributed by atoms with Crippen LogP contribution < -0.4 is 5.32 Å². The van der Waals surface area contributed by atoms with E-state index in [-0.39, 0.29) is 0 Å². The lowest BCUT2D eigenvalue weighted by Gasteiger charge is -2.42. The highest BCUT2D eigenvalue weighted by molar-refractivity contribution is 4.90. The van der Waals surface area contributed by atoms with Crippen molar-refractivity contribution >= 4 is 0 Å². The molecule has 0 saturated heterocycles. The summed E-state index contributed by atoms with van der Waals surface area (Å²) >= 11 is 0. The highest BCUT2D eigenvalue weighted by atomic mass is 19.4. The summed E-state index contributed by atoms with van der Waals surface area (Å²) in [4.78, 5) is 0. The third kappa shape index (κ3) is 4.37. The van der Waals surface area contributed by atoms with Crippen LogP contribution in [-0.2, 0) is 0 Å². The fraction of sp³-hybridized carbons (Fsp3) is 1.00. The van der Waals surface area contributed by atoms with Crippen LogP contribution in [0.4, 0.5) is 13.2 Å². The van der Waals surface area contributed by atoms with Crippen LogP contribution in [0.1, 0.15) is 58.8 Å². The Bertz CT molecular complexity index is 310. The molecular formula is C17H30F3N. The minimum absolute atomic E-state index is 0.324. The van der Waals surface area contributed by atoms with Crippen molar-refractivity contribution in [3.63, 3.8) is 0 Å². The number of alkyl halides is 3. The minimum Gasteiger partial charge on any atom is -0.316 e. The molecule has 0 heterocycles. The molecule has 2 aliphatic carbocycles. The van der Waals surface area contributed by atoms with E-state index in [1.54, 1.807) is 0 Å². The standard InChI is InChI=1S/C17H30F3N/c1-11-8-12(2)10-14(9-11)16(21-3)13-4-6-15(7-5-13)17(18,19)20/h11-16,21H,4-10H2,1-3H3. The molecule has 3 unspecified atom stereocenters. The molecule has 1 N–H and O–H groups in total. The molecule has 3 atom stereocenters. The van der Waals surface area contributed by atoms with Gasteiger partial charge in [-0.1, -0.05) is 13.8 Å². The molecule has 0 aromatic carbocycles. The highest BCUT2D eigenvalue weighted by Crippen LogP contribution is 2.44. The van der Waals surface area contributed by atoms with Crippen LogP contribution in [-0.4, -0.2) is 19.3 Å². The number of hydrogen-bond donors (Lipinski definition) is 1. The fourth-order valence-corrected chi connectivity index (χ4v) is 4.96. The average molecular weight is 305 g/mol. The van der Waals surface area contributed by atoms with Crippen molar-refractivity contribution in [1.29, 1.82) is 0 Å². The molecule has 0 bridgehead atoms. The Morgan fingerprint density at radius 2 is 1.38 bits per heavy atom. The Morgan fingerprint density at radius 1 is 0.857 bits per heavy atom. The van der Waals surface area contributed by atoms with Gasteiger partial charge in [-0.3, -0.25) is 0 Å². The highest BCUT2D eigenvalue weighted by Gasteiger charge is 2.43. The molecule has 2 aliphatic rings. The summed E-state index contributed by atoms with van der Waals surface area (Å²) in [6.07, 6.45) is 1.88. The summed E-state index contributed by atoms with van der Waals surface area (Å²) in [6, 6.07) is 0.407. The largest absolute Gasteiger partial charge is 0.391 e. The van der Waals surface area contributed by atoms with Crippen LogP contribution >= 0.6 is 0 Å². The molecule has 1 nitrogen and oxygen atoms in total. The van der Waals surface area contributed by atoms with Crippen LogP contribution in [0.25, 0.3) is 0 Å². The van der Waals surface area contributed by atoms with Crippen molar-refractivity contribution < 1.29 is 13.2 Å². The zero-order chi connectivity index (χ0) is 15.6. The van der Waals surface area contributed by atoms with Gasteiger partial charge in [-0.25, -0.2) is 0 Å². The Morgan fingerprint density at radius 3 is 1.81 bits per heavy atom. The third-order valence-corrected chi connectivity index (χ3v) is 5.80. The van der Waals surface area contributed by atoms with Crippen molar-refractivity contribution in [2.24, 2.45) is 29.6 Å². The molecule has 2 fully saturated rings. The molecule has 0 aromatic rings. The molecule has 0 spiro atoms. The molecule has 0 amide bonds. The average Bonchev–Trinajstić information content (AvgIpc) is 2.38. The number of rotatable bonds is 3. The summed E-state index contributed by atoms with van der Waals surface area (Å²) in [7, 11) is 1.99.